The molecule has 94 valence electrons. The van der Waals surface area contributed by atoms with Gasteiger partial charge < -0.3 is 9.84 Å². The van der Waals surface area contributed by atoms with E-state index in [1.54, 1.807) is 6.07 Å². The van der Waals surface area contributed by atoms with Crippen molar-refractivity contribution < 1.29 is 14.2 Å². The molecule has 0 spiro atoms. The molecule has 1 aromatic rings. The summed E-state index contributed by atoms with van der Waals surface area (Å²) in [5.41, 5.74) is -0.371. The molecule has 18 heavy (non-hydrogen) atoms. The van der Waals surface area contributed by atoms with Crippen LogP contribution in [0.3, 0.4) is 0 Å². The van der Waals surface area contributed by atoms with E-state index in [9.17, 15) is 9.50 Å². The molecule has 0 radical (unpaired) electrons. The molecule has 0 aliphatic carbocycles. The summed E-state index contributed by atoms with van der Waals surface area (Å²) < 4.78 is 19.0. The summed E-state index contributed by atoms with van der Waals surface area (Å²) in [6, 6.07) is 6.09. The molecule has 2 saturated heterocycles. The zero-order chi connectivity index (χ0) is 12.8. The van der Waals surface area contributed by atoms with Gasteiger partial charge in [-0.15, -0.1) is 0 Å². The molecule has 3 rings (SSSR count). The second-order valence-corrected chi connectivity index (χ2v) is 5.20. The minimum atomic E-state index is -0.983. The van der Waals surface area contributed by atoms with E-state index in [2.05, 4.69) is 0 Å². The van der Waals surface area contributed by atoms with Crippen LogP contribution >= 0.6 is 0 Å². The fourth-order valence-electron chi connectivity index (χ4n) is 3.05. The highest BCUT2D eigenvalue weighted by Crippen LogP contribution is 2.44. The van der Waals surface area contributed by atoms with E-state index < -0.39 is 11.4 Å². The van der Waals surface area contributed by atoms with Crippen LogP contribution in [0.15, 0.2) is 18.2 Å². The highest BCUT2D eigenvalue weighted by molar-refractivity contribution is 5.37. The number of nitrogens with zero attached hydrogens (tertiary/aromatic N) is 1. The third-order valence-electron chi connectivity index (χ3n) is 3.95. The quantitative estimate of drug-likeness (QED) is 0.828. The van der Waals surface area contributed by atoms with Crippen molar-refractivity contribution in [1.29, 1.82) is 5.26 Å². The molecule has 2 aliphatic rings. The monoisotopic (exact) mass is 247 g/mol. The number of nitriles is 1. The molecule has 0 amide bonds. The molecule has 1 aromatic carbocycles. The Bertz CT molecular complexity index is 511. The van der Waals surface area contributed by atoms with Gasteiger partial charge in [0.2, 0.25) is 0 Å². The first-order valence-corrected chi connectivity index (χ1v) is 6.19. The Morgan fingerprint density at radius 3 is 2.61 bits per heavy atom. The number of hydrogen-bond acceptors (Lipinski definition) is 3. The Hall–Kier alpha value is -1.44. The molecule has 2 heterocycles. The van der Waals surface area contributed by atoms with Gasteiger partial charge in [-0.3, -0.25) is 0 Å². The SMILES string of the molecule is N#Cc1cc(C2(O)CC3CCC(C2)O3)ccc1F. The predicted octanol–water partition coefficient (Wildman–Crippen LogP) is 2.23. The molecule has 1 N–H and O–H groups in total. The molecule has 0 saturated carbocycles. The molecule has 3 nitrogen and oxygen atoms in total. The van der Waals surface area contributed by atoms with E-state index in [4.69, 9.17) is 10.00 Å². The topological polar surface area (TPSA) is 53.2 Å². The normalized spacial score (nSPS) is 34.3. The lowest BCUT2D eigenvalue weighted by molar-refractivity contribution is -0.115. The number of ether oxygens (including phenoxy) is 1. The second kappa shape index (κ2) is 4.04. The maximum atomic E-state index is 13.3. The number of hydrogen-bond donors (Lipinski definition) is 1. The summed E-state index contributed by atoms with van der Waals surface area (Å²) in [6.45, 7) is 0. The Labute approximate surface area is 105 Å². The van der Waals surface area contributed by atoms with Crippen LogP contribution in [-0.2, 0) is 10.3 Å². The van der Waals surface area contributed by atoms with Crippen LogP contribution < -0.4 is 0 Å². The highest BCUT2D eigenvalue weighted by atomic mass is 19.1. The van der Waals surface area contributed by atoms with Crippen LogP contribution in [0.1, 0.15) is 36.8 Å². The lowest BCUT2D eigenvalue weighted by atomic mass is 9.83. The van der Waals surface area contributed by atoms with E-state index >= 15 is 0 Å². The summed E-state index contributed by atoms with van der Waals surface area (Å²) in [6.07, 6.45) is 3.17. The van der Waals surface area contributed by atoms with Gasteiger partial charge in [0.15, 0.2) is 0 Å². The summed E-state index contributed by atoms with van der Waals surface area (Å²) in [4.78, 5) is 0. The Morgan fingerprint density at radius 2 is 2.00 bits per heavy atom. The average Bonchev–Trinajstić information content (AvgIpc) is 2.69. The third-order valence-corrected chi connectivity index (χ3v) is 3.95. The van der Waals surface area contributed by atoms with Crippen molar-refractivity contribution in [3.63, 3.8) is 0 Å². The molecular weight excluding hydrogens is 233 g/mol. The van der Waals surface area contributed by atoms with Crippen LogP contribution in [0.4, 0.5) is 4.39 Å². The average molecular weight is 247 g/mol. The van der Waals surface area contributed by atoms with Crippen molar-refractivity contribution in [1.82, 2.24) is 0 Å². The first-order chi connectivity index (χ1) is 8.60. The molecule has 2 unspecified atom stereocenters. The standard InChI is InChI=1S/C14H14FNO2/c15-13-4-1-10(5-9(13)8-16)14(17)6-11-2-3-12(7-14)18-11/h1,4-5,11-12,17H,2-3,6-7H2. The van der Waals surface area contributed by atoms with Crippen LogP contribution in [0.2, 0.25) is 0 Å². The van der Waals surface area contributed by atoms with Gasteiger partial charge in [-0.1, -0.05) is 6.07 Å². The smallest absolute Gasteiger partial charge is 0.140 e. The van der Waals surface area contributed by atoms with E-state index in [-0.39, 0.29) is 17.8 Å². The van der Waals surface area contributed by atoms with Crippen LogP contribution in [0.5, 0.6) is 0 Å². The first-order valence-electron chi connectivity index (χ1n) is 6.19. The van der Waals surface area contributed by atoms with Crippen molar-refractivity contribution >= 4 is 0 Å². The molecule has 4 heteroatoms. The number of rotatable bonds is 1. The summed E-state index contributed by atoms with van der Waals surface area (Å²) in [5.74, 6) is -0.542. The lowest BCUT2D eigenvalue weighted by Crippen LogP contribution is -2.38. The Morgan fingerprint density at radius 1 is 1.33 bits per heavy atom. The number of aliphatic hydroxyl groups is 1. The van der Waals surface area contributed by atoms with Crippen LogP contribution in [0.25, 0.3) is 0 Å². The fraction of sp³-hybridized carbons (Fsp3) is 0.500. The highest BCUT2D eigenvalue weighted by Gasteiger charge is 2.44. The largest absolute Gasteiger partial charge is 0.385 e. The zero-order valence-corrected chi connectivity index (χ0v) is 9.90. The van der Waals surface area contributed by atoms with Crippen molar-refractivity contribution in [3.8, 4) is 6.07 Å². The van der Waals surface area contributed by atoms with Gasteiger partial charge in [0, 0.05) is 12.8 Å². The molecule has 2 atom stereocenters. The molecular formula is C14H14FNO2. The summed E-state index contributed by atoms with van der Waals surface area (Å²) in [5, 5.41) is 19.6. The summed E-state index contributed by atoms with van der Waals surface area (Å²) >= 11 is 0. The fourth-order valence-corrected chi connectivity index (χ4v) is 3.05. The number of halogens is 1. The summed E-state index contributed by atoms with van der Waals surface area (Å²) in [7, 11) is 0. The molecule has 2 aliphatic heterocycles. The van der Waals surface area contributed by atoms with Gasteiger partial charge in [0.25, 0.3) is 0 Å². The van der Waals surface area contributed by atoms with Gasteiger partial charge in [0.05, 0.1) is 23.4 Å². The zero-order valence-electron chi connectivity index (χ0n) is 9.90. The van der Waals surface area contributed by atoms with E-state index in [1.807, 2.05) is 6.07 Å². The van der Waals surface area contributed by atoms with Crippen molar-refractivity contribution in [2.75, 3.05) is 0 Å². The Balaban J connectivity index is 1.97. The second-order valence-electron chi connectivity index (χ2n) is 5.20. The van der Waals surface area contributed by atoms with E-state index in [1.165, 1.54) is 12.1 Å². The van der Waals surface area contributed by atoms with Crippen molar-refractivity contribution in [2.24, 2.45) is 0 Å². The van der Waals surface area contributed by atoms with Crippen molar-refractivity contribution in [3.05, 3.63) is 35.1 Å². The van der Waals surface area contributed by atoms with Gasteiger partial charge in [-0.05, 0) is 30.5 Å². The number of fused-ring (bicyclic) bond motifs is 2. The molecule has 2 fully saturated rings. The predicted molar refractivity (Wildman–Crippen MR) is 62.1 cm³/mol. The maximum Gasteiger partial charge on any atom is 0.140 e. The third kappa shape index (κ3) is 1.80. The van der Waals surface area contributed by atoms with Gasteiger partial charge >= 0.3 is 0 Å². The van der Waals surface area contributed by atoms with Crippen LogP contribution in [-0.4, -0.2) is 17.3 Å². The lowest BCUT2D eigenvalue weighted by Gasteiger charge is -2.36. The first kappa shape index (κ1) is 11.6. The molecule has 2 bridgehead atoms. The van der Waals surface area contributed by atoms with E-state index in [0.717, 1.165) is 12.8 Å². The van der Waals surface area contributed by atoms with Gasteiger partial charge in [-0.2, -0.15) is 5.26 Å². The van der Waals surface area contributed by atoms with Gasteiger partial charge in [0.1, 0.15) is 11.9 Å². The maximum absolute atomic E-state index is 13.3. The van der Waals surface area contributed by atoms with E-state index in [0.29, 0.717) is 18.4 Å². The Kier molecular flexibility index (Phi) is 2.61. The van der Waals surface area contributed by atoms with Gasteiger partial charge in [-0.25, -0.2) is 4.39 Å². The van der Waals surface area contributed by atoms with Crippen molar-refractivity contribution in [2.45, 2.75) is 43.5 Å². The minimum absolute atomic E-state index is 0.0141. The van der Waals surface area contributed by atoms with Crippen LogP contribution in [0, 0.1) is 17.1 Å². The molecule has 0 aromatic heterocycles. The number of benzene rings is 1. The minimum Gasteiger partial charge on any atom is -0.385 e.